The van der Waals surface area contributed by atoms with Gasteiger partial charge in [0.25, 0.3) is 0 Å². The van der Waals surface area contributed by atoms with Crippen LogP contribution in [0.25, 0.3) is 115 Å². The Morgan fingerprint density at radius 2 is 0.826 bits per heavy atom. The maximum Gasteiger partial charge on any atom is 0.143 e. The lowest BCUT2D eigenvalue weighted by Crippen LogP contribution is -2.11. The molecular weight excluding hydrogens is 837 g/mol. The van der Waals surface area contributed by atoms with Crippen LogP contribution < -0.4 is 4.90 Å². The molecule has 0 unspecified atom stereocenters. The third-order valence-electron chi connectivity index (χ3n) is 14.2. The molecule has 12 aromatic carbocycles. The number of aromatic nitrogens is 1. The number of benzene rings is 12. The maximum absolute atomic E-state index is 6.58. The van der Waals surface area contributed by atoms with Crippen LogP contribution in [0.3, 0.4) is 0 Å². The zero-order valence-electron chi connectivity index (χ0n) is 37.6. The fourth-order valence-electron chi connectivity index (χ4n) is 11.0. The van der Waals surface area contributed by atoms with E-state index in [1.54, 1.807) is 0 Å². The van der Waals surface area contributed by atoms with Crippen LogP contribution in [0.1, 0.15) is 0 Å². The molecule has 0 atom stereocenters. The molecular formula is C66H42N2O. The molecule has 0 saturated heterocycles. The molecule has 0 aliphatic heterocycles. The van der Waals surface area contributed by atoms with Gasteiger partial charge in [-0.1, -0.05) is 188 Å². The highest BCUT2D eigenvalue weighted by Crippen LogP contribution is 2.45. The molecule has 0 radical (unpaired) electrons. The van der Waals surface area contributed by atoms with E-state index in [0.29, 0.717) is 0 Å². The van der Waals surface area contributed by atoms with E-state index in [4.69, 9.17) is 4.42 Å². The molecule has 322 valence electrons. The van der Waals surface area contributed by atoms with Crippen LogP contribution in [0.4, 0.5) is 17.1 Å². The van der Waals surface area contributed by atoms with Gasteiger partial charge in [0.2, 0.25) is 0 Å². The normalized spacial score (nSPS) is 11.8. The number of fused-ring (bicyclic) bond motifs is 11. The van der Waals surface area contributed by atoms with E-state index in [9.17, 15) is 0 Å². The van der Waals surface area contributed by atoms with Gasteiger partial charge in [-0.15, -0.1) is 0 Å². The molecule has 69 heavy (non-hydrogen) atoms. The summed E-state index contributed by atoms with van der Waals surface area (Å²) in [5, 5.41) is 12.1. The van der Waals surface area contributed by atoms with E-state index in [-0.39, 0.29) is 0 Å². The van der Waals surface area contributed by atoms with Crippen molar-refractivity contribution in [1.82, 2.24) is 4.57 Å². The Balaban J connectivity index is 0.917. The van der Waals surface area contributed by atoms with Crippen LogP contribution in [0.15, 0.2) is 259 Å². The smallest absolute Gasteiger partial charge is 0.143 e. The molecule has 14 aromatic rings. The Morgan fingerprint density at radius 1 is 0.304 bits per heavy atom. The Bertz CT molecular complexity index is 4260. The van der Waals surface area contributed by atoms with Crippen LogP contribution in [-0.2, 0) is 0 Å². The fourth-order valence-corrected chi connectivity index (χ4v) is 11.0. The Hall–Kier alpha value is -9.18. The zero-order valence-corrected chi connectivity index (χ0v) is 37.6. The quantitative estimate of drug-likeness (QED) is 0.149. The molecule has 3 heteroatoms. The molecule has 0 spiro atoms. The Morgan fingerprint density at radius 3 is 1.55 bits per heavy atom. The van der Waals surface area contributed by atoms with Crippen molar-refractivity contribution >= 4 is 93.1 Å². The van der Waals surface area contributed by atoms with Gasteiger partial charge in [0.1, 0.15) is 11.2 Å². The molecule has 0 bridgehead atoms. The van der Waals surface area contributed by atoms with Crippen molar-refractivity contribution in [1.29, 1.82) is 0 Å². The van der Waals surface area contributed by atoms with Crippen LogP contribution in [0.2, 0.25) is 0 Å². The van der Waals surface area contributed by atoms with Crippen molar-refractivity contribution in [2.75, 3.05) is 4.90 Å². The summed E-state index contributed by atoms with van der Waals surface area (Å²) in [7, 11) is 0. The highest BCUT2D eigenvalue weighted by Gasteiger charge is 2.21. The van der Waals surface area contributed by atoms with Gasteiger partial charge in [-0.3, -0.25) is 0 Å². The van der Waals surface area contributed by atoms with E-state index in [1.807, 2.05) is 0 Å². The summed E-state index contributed by atoms with van der Waals surface area (Å²) in [6.45, 7) is 0. The molecule has 2 heterocycles. The lowest BCUT2D eigenvalue weighted by molar-refractivity contribution is 0.672. The molecule has 0 N–H and O–H groups in total. The summed E-state index contributed by atoms with van der Waals surface area (Å²) < 4.78 is 8.99. The first-order valence-corrected chi connectivity index (χ1v) is 23.7. The van der Waals surface area contributed by atoms with E-state index in [2.05, 4.69) is 264 Å². The van der Waals surface area contributed by atoms with Gasteiger partial charge < -0.3 is 13.9 Å². The molecule has 0 aliphatic rings. The first-order chi connectivity index (χ1) is 34.2. The molecule has 2 aromatic heterocycles. The minimum atomic E-state index is 0.883. The summed E-state index contributed by atoms with van der Waals surface area (Å²) in [6.07, 6.45) is 0. The minimum Gasteiger partial charge on any atom is -0.455 e. The highest BCUT2D eigenvalue weighted by atomic mass is 16.3. The second kappa shape index (κ2) is 15.7. The number of nitrogens with zero attached hydrogens (tertiary/aromatic N) is 2. The second-order valence-corrected chi connectivity index (χ2v) is 18.0. The van der Waals surface area contributed by atoms with Crippen LogP contribution >= 0.6 is 0 Å². The SMILES string of the molecule is c1ccc(N(c2ccc(-c3ccccc3-n3c4ccccc4c4ccccc43)cc2)c2ccc(-c3cccc4c3ccc3ccccc34)cc2)c(-c2ccc3oc4c5ccccc5ccc4c3c2)c1. The summed E-state index contributed by atoms with van der Waals surface area (Å²) >= 11 is 0. The number of para-hydroxylation sites is 4. The maximum atomic E-state index is 6.58. The monoisotopic (exact) mass is 878 g/mol. The lowest BCUT2D eigenvalue weighted by Gasteiger charge is -2.28. The first-order valence-electron chi connectivity index (χ1n) is 23.7. The second-order valence-electron chi connectivity index (χ2n) is 18.0. The topological polar surface area (TPSA) is 21.3 Å². The molecule has 14 rings (SSSR count). The van der Waals surface area contributed by atoms with Crippen molar-refractivity contribution in [3.05, 3.63) is 255 Å². The summed E-state index contributed by atoms with van der Waals surface area (Å²) in [5.74, 6) is 0. The van der Waals surface area contributed by atoms with Crippen molar-refractivity contribution in [2.45, 2.75) is 0 Å². The Kier molecular flexibility index (Phi) is 8.90. The number of rotatable bonds is 7. The van der Waals surface area contributed by atoms with Crippen LogP contribution in [0.5, 0.6) is 0 Å². The predicted molar refractivity (Wildman–Crippen MR) is 292 cm³/mol. The van der Waals surface area contributed by atoms with Gasteiger partial charge in [-0.05, 0) is 116 Å². The molecule has 0 aliphatic carbocycles. The van der Waals surface area contributed by atoms with E-state index >= 15 is 0 Å². The standard InChI is InChI=1S/C66H42N2O/c1-3-16-50-43(14-1)32-39-56-51(22-13-23-55(50)56)45-28-35-48(36-29-45)67(61-24-9-6-18-53(61)47-34-41-65-60(42-47)59-40-33-44-15-2-4-19-54(44)66(59)69-65)49-37-30-46(31-38-49)52-17-5-10-25-62(52)68-63-26-11-7-20-57(63)58-21-8-12-27-64(58)68/h1-42H. The molecule has 3 nitrogen and oxygen atoms in total. The highest BCUT2D eigenvalue weighted by molar-refractivity contribution is 6.16. The average molecular weight is 879 g/mol. The van der Waals surface area contributed by atoms with Crippen molar-refractivity contribution < 1.29 is 4.42 Å². The van der Waals surface area contributed by atoms with Gasteiger partial charge in [0, 0.05) is 49.4 Å². The van der Waals surface area contributed by atoms with Crippen molar-refractivity contribution in [3.63, 3.8) is 0 Å². The van der Waals surface area contributed by atoms with Gasteiger partial charge in [-0.2, -0.15) is 0 Å². The summed E-state index contributed by atoms with van der Waals surface area (Å²) in [5.41, 5.74) is 15.5. The first kappa shape index (κ1) is 39.0. The molecule has 0 fully saturated rings. The van der Waals surface area contributed by atoms with E-state index in [1.165, 1.54) is 65.4 Å². The van der Waals surface area contributed by atoms with Gasteiger partial charge in [0.15, 0.2) is 0 Å². The van der Waals surface area contributed by atoms with Gasteiger partial charge >= 0.3 is 0 Å². The number of hydrogen-bond acceptors (Lipinski definition) is 2. The third kappa shape index (κ3) is 6.29. The van der Waals surface area contributed by atoms with Crippen LogP contribution in [-0.4, -0.2) is 4.57 Å². The van der Waals surface area contributed by atoms with Gasteiger partial charge in [-0.25, -0.2) is 0 Å². The van der Waals surface area contributed by atoms with Crippen molar-refractivity contribution in [3.8, 4) is 39.1 Å². The lowest BCUT2D eigenvalue weighted by atomic mass is 9.94. The summed E-state index contributed by atoms with van der Waals surface area (Å²) in [6, 6.07) is 92.5. The number of furan rings is 1. The largest absolute Gasteiger partial charge is 0.455 e. The van der Waals surface area contributed by atoms with Crippen LogP contribution in [0, 0.1) is 0 Å². The zero-order chi connectivity index (χ0) is 45.4. The predicted octanol–water partition coefficient (Wildman–Crippen LogP) is 18.6. The average Bonchev–Trinajstić information content (AvgIpc) is 3.97. The number of hydrogen-bond donors (Lipinski definition) is 0. The van der Waals surface area contributed by atoms with Gasteiger partial charge in [0.05, 0.1) is 22.4 Å². The fraction of sp³-hybridized carbons (Fsp3) is 0. The molecule has 0 saturated carbocycles. The van der Waals surface area contributed by atoms with Crippen molar-refractivity contribution in [2.24, 2.45) is 0 Å². The Labute approximate surface area is 399 Å². The number of anilines is 3. The minimum absolute atomic E-state index is 0.883. The summed E-state index contributed by atoms with van der Waals surface area (Å²) in [4.78, 5) is 2.41. The van der Waals surface area contributed by atoms with E-state index in [0.717, 1.165) is 66.8 Å². The third-order valence-corrected chi connectivity index (χ3v) is 14.2. The molecule has 0 amide bonds. The van der Waals surface area contributed by atoms with E-state index < -0.39 is 0 Å².